The van der Waals surface area contributed by atoms with E-state index >= 15 is 0 Å². The Morgan fingerprint density at radius 2 is 1.86 bits per heavy atom. The normalized spacial score (nSPS) is 18.2. The predicted molar refractivity (Wildman–Crippen MR) is 59.2 cm³/mol. The molecule has 0 aliphatic rings. The zero-order chi connectivity index (χ0) is 11.2. The lowest BCUT2D eigenvalue weighted by Gasteiger charge is -2.33. The van der Waals surface area contributed by atoms with Crippen molar-refractivity contribution in [3.63, 3.8) is 0 Å². The Morgan fingerprint density at radius 3 is 2.21 bits per heavy atom. The summed E-state index contributed by atoms with van der Waals surface area (Å²) in [6.07, 6.45) is 0.685. The maximum atomic E-state index is 10.2. The Labute approximate surface area is 87.5 Å². The molecule has 14 heavy (non-hydrogen) atoms. The van der Waals surface area contributed by atoms with Crippen LogP contribution in [0.1, 0.15) is 40.5 Å². The van der Waals surface area contributed by atoms with Crippen molar-refractivity contribution in [1.82, 2.24) is 5.32 Å². The zero-order valence-electron chi connectivity index (χ0n) is 9.88. The molecule has 2 atom stereocenters. The fraction of sp³-hybridized carbons (Fsp3) is 1.00. The van der Waals surface area contributed by atoms with Gasteiger partial charge in [-0.3, -0.25) is 0 Å². The molecule has 86 valence electrons. The van der Waals surface area contributed by atoms with Gasteiger partial charge in [0.15, 0.2) is 0 Å². The number of aliphatic hydroxyl groups excluding tert-OH is 1. The van der Waals surface area contributed by atoms with Gasteiger partial charge >= 0.3 is 0 Å². The highest BCUT2D eigenvalue weighted by Crippen LogP contribution is 2.26. The third kappa shape index (κ3) is 4.40. The fourth-order valence-corrected chi connectivity index (χ4v) is 1.58. The molecule has 3 N–H and O–H groups in total. The van der Waals surface area contributed by atoms with Crippen LogP contribution in [-0.2, 0) is 0 Å². The summed E-state index contributed by atoms with van der Waals surface area (Å²) in [5.41, 5.74) is -0.727. The van der Waals surface area contributed by atoms with Crippen LogP contribution in [0.4, 0.5) is 0 Å². The van der Waals surface area contributed by atoms with Gasteiger partial charge in [-0.15, -0.1) is 0 Å². The lowest BCUT2D eigenvalue weighted by Crippen LogP contribution is -2.41. The number of hydrogen-bond acceptors (Lipinski definition) is 3. The van der Waals surface area contributed by atoms with E-state index in [1.807, 2.05) is 27.7 Å². The van der Waals surface area contributed by atoms with Crippen molar-refractivity contribution in [2.75, 3.05) is 13.1 Å². The fourth-order valence-electron chi connectivity index (χ4n) is 1.58. The van der Waals surface area contributed by atoms with Crippen LogP contribution < -0.4 is 5.32 Å². The van der Waals surface area contributed by atoms with E-state index in [1.54, 1.807) is 0 Å². The van der Waals surface area contributed by atoms with Gasteiger partial charge in [0.25, 0.3) is 0 Å². The highest BCUT2D eigenvalue weighted by molar-refractivity contribution is 4.83. The number of rotatable bonds is 7. The van der Waals surface area contributed by atoms with Crippen molar-refractivity contribution in [3.8, 4) is 0 Å². The quantitative estimate of drug-likeness (QED) is 0.581. The Balaban J connectivity index is 4.03. The molecule has 0 bridgehead atoms. The maximum absolute atomic E-state index is 10.2. The minimum atomic E-state index is -0.727. The number of nitrogens with one attached hydrogen (secondary N) is 1. The van der Waals surface area contributed by atoms with Gasteiger partial charge < -0.3 is 15.5 Å². The zero-order valence-corrected chi connectivity index (χ0v) is 9.88. The SMILES string of the molecule is CCNC[C@H](O)C[C@@](O)(CC)C(C)C. The highest BCUT2D eigenvalue weighted by atomic mass is 16.3. The molecule has 0 aliphatic heterocycles. The second-order valence-corrected chi connectivity index (χ2v) is 4.28. The third-order valence-corrected chi connectivity index (χ3v) is 2.91. The first-order valence-corrected chi connectivity index (χ1v) is 5.57. The summed E-state index contributed by atoms with van der Waals surface area (Å²) >= 11 is 0. The van der Waals surface area contributed by atoms with E-state index in [-0.39, 0.29) is 5.92 Å². The van der Waals surface area contributed by atoms with Gasteiger partial charge in [-0.05, 0) is 18.9 Å². The van der Waals surface area contributed by atoms with Crippen LogP contribution in [0.2, 0.25) is 0 Å². The monoisotopic (exact) mass is 203 g/mol. The lowest BCUT2D eigenvalue weighted by molar-refractivity contribution is -0.0481. The molecule has 0 unspecified atom stereocenters. The van der Waals surface area contributed by atoms with E-state index < -0.39 is 11.7 Å². The Bertz CT molecular complexity index is 150. The molecule has 0 heterocycles. The van der Waals surface area contributed by atoms with Crippen LogP contribution in [-0.4, -0.2) is 35.0 Å². The molecule has 3 heteroatoms. The van der Waals surface area contributed by atoms with Gasteiger partial charge in [0, 0.05) is 13.0 Å². The van der Waals surface area contributed by atoms with E-state index in [9.17, 15) is 10.2 Å². The highest BCUT2D eigenvalue weighted by Gasteiger charge is 2.31. The first-order chi connectivity index (χ1) is 6.46. The van der Waals surface area contributed by atoms with Crippen molar-refractivity contribution < 1.29 is 10.2 Å². The molecule has 0 saturated carbocycles. The lowest BCUT2D eigenvalue weighted by atomic mass is 9.83. The summed E-state index contributed by atoms with van der Waals surface area (Å²) in [4.78, 5) is 0. The Morgan fingerprint density at radius 1 is 1.29 bits per heavy atom. The van der Waals surface area contributed by atoms with Crippen LogP contribution in [0, 0.1) is 5.92 Å². The summed E-state index contributed by atoms with van der Waals surface area (Å²) in [7, 11) is 0. The molecule has 0 spiro atoms. The second kappa shape index (κ2) is 6.38. The van der Waals surface area contributed by atoms with E-state index in [0.29, 0.717) is 19.4 Å². The standard InChI is InChI=1S/C11H25NO2/c1-5-11(14,9(3)4)7-10(13)8-12-6-2/h9-10,12-14H,5-8H2,1-4H3/t10-,11+/m1/s1. The predicted octanol–water partition coefficient (Wildman–Crippen LogP) is 1.14. The van der Waals surface area contributed by atoms with Crippen LogP contribution in [0.15, 0.2) is 0 Å². The molecule has 0 aromatic heterocycles. The van der Waals surface area contributed by atoms with Gasteiger partial charge in [0.05, 0.1) is 11.7 Å². The van der Waals surface area contributed by atoms with Crippen molar-refractivity contribution >= 4 is 0 Å². The molecule has 0 aliphatic carbocycles. The number of aliphatic hydroxyl groups is 2. The summed E-state index contributed by atoms with van der Waals surface area (Å²) in [6.45, 7) is 9.35. The topological polar surface area (TPSA) is 52.5 Å². The van der Waals surface area contributed by atoms with Gasteiger partial charge in [0.1, 0.15) is 0 Å². The maximum Gasteiger partial charge on any atom is 0.0693 e. The summed E-state index contributed by atoms with van der Waals surface area (Å²) < 4.78 is 0. The van der Waals surface area contributed by atoms with Gasteiger partial charge in [-0.25, -0.2) is 0 Å². The van der Waals surface area contributed by atoms with Gasteiger partial charge in [-0.2, -0.15) is 0 Å². The summed E-state index contributed by atoms with van der Waals surface area (Å²) in [6, 6.07) is 0. The van der Waals surface area contributed by atoms with E-state index in [0.717, 1.165) is 6.54 Å². The second-order valence-electron chi connectivity index (χ2n) is 4.28. The number of likely N-dealkylation sites (N-methyl/N-ethyl adjacent to an activating group) is 1. The number of hydrogen-bond donors (Lipinski definition) is 3. The minimum absolute atomic E-state index is 0.184. The third-order valence-electron chi connectivity index (χ3n) is 2.91. The van der Waals surface area contributed by atoms with Gasteiger partial charge in [0.2, 0.25) is 0 Å². The molecular formula is C11H25NO2. The van der Waals surface area contributed by atoms with Crippen LogP contribution >= 0.6 is 0 Å². The van der Waals surface area contributed by atoms with Gasteiger partial charge in [-0.1, -0.05) is 27.7 Å². The van der Waals surface area contributed by atoms with E-state index in [2.05, 4.69) is 5.32 Å². The smallest absolute Gasteiger partial charge is 0.0693 e. The average Bonchev–Trinajstić information content (AvgIpc) is 2.14. The molecule has 0 fully saturated rings. The largest absolute Gasteiger partial charge is 0.392 e. The average molecular weight is 203 g/mol. The van der Waals surface area contributed by atoms with Crippen molar-refractivity contribution in [3.05, 3.63) is 0 Å². The molecule has 0 aromatic carbocycles. The van der Waals surface area contributed by atoms with E-state index in [4.69, 9.17) is 0 Å². The molecule has 0 radical (unpaired) electrons. The van der Waals surface area contributed by atoms with Crippen LogP contribution in [0.25, 0.3) is 0 Å². The van der Waals surface area contributed by atoms with Crippen molar-refractivity contribution in [2.45, 2.75) is 52.2 Å². The van der Waals surface area contributed by atoms with Crippen LogP contribution in [0.3, 0.4) is 0 Å². The first-order valence-electron chi connectivity index (χ1n) is 5.57. The van der Waals surface area contributed by atoms with Crippen molar-refractivity contribution in [1.29, 1.82) is 0 Å². The molecule has 0 aromatic rings. The van der Waals surface area contributed by atoms with E-state index in [1.165, 1.54) is 0 Å². The summed E-state index contributed by atoms with van der Waals surface area (Å²) in [5.74, 6) is 0.184. The Kier molecular flexibility index (Phi) is 6.33. The minimum Gasteiger partial charge on any atom is -0.392 e. The summed E-state index contributed by atoms with van der Waals surface area (Å²) in [5, 5.41) is 22.9. The molecule has 0 rings (SSSR count). The molecule has 0 saturated heterocycles. The van der Waals surface area contributed by atoms with Crippen molar-refractivity contribution in [2.24, 2.45) is 5.92 Å². The first kappa shape index (κ1) is 13.9. The van der Waals surface area contributed by atoms with Crippen LogP contribution in [0.5, 0.6) is 0 Å². The molecular weight excluding hydrogens is 178 g/mol. The Hall–Kier alpha value is -0.120. The molecule has 3 nitrogen and oxygen atoms in total. The molecule has 0 amide bonds.